The molecule has 2 heterocycles. The number of hydrogen-bond acceptors (Lipinski definition) is 4. The van der Waals surface area contributed by atoms with Crippen LogP contribution < -0.4 is 5.32 Å². The van der Waals surface area contributed by atoms with Crippen molar-refractivity contribution in [2.45, 2.75) is 13.3 Å². The van der Waals surface area contributed by atoms with Gasteiger partial charge in [0.05, 0.1) is 5.69 Å². The molecule has 6 heteroatoms. The van der Waals surface area contributed by atoms with Gasteiger partial charge in [0.25, 0.3) is 5.91 Å². The maximum atomic E-state index is 12.3. The number of carbonyl (C=O) groups excluding carboxylic acids is 1. The summed E-state index contributed by atoms with van der Waals surface area (Å²) in [7, 11) is 1.65. The van der Waals surface area contributed by atoms with Gasteiger partial charge in [-0.3, -0.25) is 9.36 Å². The first-order chi connectivity index (χ1) is 11.7. The number of methoxy groups -OCH3 is 1. The number of pyridine rings is 1. The summed E-state index contributed by atoms with van der Waals surface area (Å²) in [6.07, 6.45) is 4.26. The Morgan fingerprint density at radius 1 is 1.29 bits per heavy atom. The van der Waals surface area contributed by atoms with Crippen LogP contribution in [0.1, 0.15) is 22.3 Å². The highest BCUT2D eigenvalue weighted by molar-refractivity contribution is 5.95. The van der Waals surface area contributed by atoms with Crippen LogP contribution in [-0.2, 0) is 4.74 Å². The molecule has 24 heavy (non-hydrogen) atoms. The highest BCUT2D eigenvalue weighted by Gasteiger charge is 2.11. The van der Waals surface area contributed by atoms with E-state index in [4.69, 9.17) is 4.74 Å². The van der Waals surface area contributed by atoms with E-state index in [-0.39, 0.29) is 5.91 Å². The largest absolute Gasteiger partial charge is 0.385 e. The third-order valence-electron chi connectivity index (χ3n) is 3.85. The number of imidazole rings is 1. The Morgan fingerprint density at radius 2 is 2.17 bits per heavy atom. The second-order valence-corrected chi connectivity index (χ2v) is 5.56. The molecular weight excluding hydrogens is 304 g/mol. The molecule has 0 atom stereocenters. The number of carbonyl (C=O) groups is 1. The van der Waals surface area contributed by atoms with Crippen LogP contribution in [0.5, 0.6) is 0 Å². The lowest BCUT2D eigenvalue weighted by Gasteiger charge is -2.11. The van der Waals surface area contributed by atoms with Gasteiger partial charge in [-0.1, -0.05) is 6.07 Å². The van der Waals surface area contributed by atoms with E-state index in [1.165, 1.54) is 0 Å². The fourth-order valence-electron chi connectivity index (χ4n) is 2.56. The first-order valence-corrected chi connectivity index (χ1v) is 7.87. The van der Waals surface area contributed by atoms with E-state index in [0.29, 0.717) is 18.7 Å². The number of aromatic nitrogens is 3. The summed E-state index contributed by atoms with van der Waals surface area (Å²) in [5, 5.41) is 2.90. The van der Waals surface area contributed by atoms with Crippen molar-refractivity contribution >= 4 is 17.1 Å². The quantitative estimate of drug-likeness (QED) is 0.707. The molecule has 0 spiro atoms. The summed E-state index contributed by atoms with van der Waals surface area (Å²) >= 11 is 0. The SMILES string of the molecule is COCCCNC(=O)c1ccc(C)c(-n2cnc3cccnc32)c1. The summed E-state index contributed by atoms with van der Waals surface area (Å²) in [5.41, 5.74) is 4.17. The number of benzene rings is 1. The van der Waals surface area contributed by atoms with E-state index < -0.39 is 0 Å². The second kappa shape index (κ2) is 7.23. The van der Waals surface area contributed by atoms with Crippen molar-refractivity contribution in [2.75, 3.05) is 20.3 Å². The Bertz CT molecular complexity index is 857. The Balaban J connectivity index is 1.88. The smallest absolute Gasteiger partial charge is 0.251 e. The van der Waals surface area contributed by atoms with Crippen molar-refractivity contribution < 1.29 is 9.53 Å². The average molecular weight is 324 g/mol. The Hall–Kier alpha value is -2.73. The molecule has 2 aromatic heterocycles. The molecule has 0 fully saturated rings. The number of rotatable bonds is 6. The van der Waals surface area contributed by atoms with Gasteiger partial charge in [0.1, 0.15) is 11.8 Å². The lowest BCUT2D eigenvalue weighted by molar-refractivity contribution is 0.0948. The van der Waals surface area contributed by atoms with Crippen LogP contribution in [0.4, 0.5) is 0 Å². The minimum absolute atomic E-state index is 0.0928. The molecule has 1 N–H and O–H groups in total. The topological polar surface area (TPSA) is 69.0 Å². The van der Waals surface area contributed by atoms with Crippen molar-refractivity contribution in [1.82, 2.24) is 19.9 Å². The van der Waals surface area contributed by atoms with E-state index in [2.05, 4.69) is 15.3 Å². The van der Waals surface area contributed by atoms with Gasteiger partial charge < -0.3 is 10.1 Å². The number of fused-ring (bicyclic) bond motifs is 1. The fraction of sp³-hybridized carbons (Fsp3) is 0.278. The molecule has 124 valence electrons. The number of nitrogens with one attached hydrogen (secondary N) is 1. The first kappa shape index (κ1) is 16.1. The first-order valence-electron chi connectivity index (χ1n) is 7.87. The maximum absolute atomic E-state index is 12.3. The third kappa shape index (κ3) is 3.28. The van der Waals surface area contributed by atoms with E-state index >= 15 is 0 Å². The van der Waals surface area contributed by atoms with Crippen molar-refractivity contribution in [3.05, 3.63) is 54.0 Å². The molecule has 0 radical (unpaired) electrons. The molecule has 1 amide bonds. The molecule has 3 aromatic rings. The summed E-state index contributed by atoms with van der Waals surface area (Å²) in [6, 6.07) is 9.42. The van der Waals surface area contributed by atoms with Crippen molar-refractivity contribution in [3.63, 3.8) is 0 Å². The van der Waals surface area contributed by atoms with Crippen molar-refractivity contribution in [1.29, 1.82) is 0 Å². The Morgan fingerprint density at radius 3 is 3.00 bits per heavy atom. The summed E-state index contributed by atoms with van der Waals surface area (Å²) in [6.45, 7) is 3.22. The van der Waals surface area contributed by atoms with E-state index in [1.807, 2.05) is 41.8 Å². The summed E-state index contributed by atoms with van der Waals surface area (Å²) < 4.78 is 6.89. The number of amides is 1. The zero-order valence-corrected chi connectivity index (χ0v) is 13.8. The number of aryl methyl sites for hydroxylation is 1. The molecule has 0 aliphatic rings. The molecule has 3 rings (SSSR count). The fourth-order valence-corrected chi connectivity index (χ4v) is 2.56. The maximum Gasteiger partial charge on any atom is 0.251 e. The lowest BCUT2D eigenvalue weighted by atomic mass is 10.1. The predicted molar refractivity (Wildman–Crippen MR) is 92.4 cm³/mol. The number of ether oxygens (including phenoxy) is 1. The van der Waals surface area contributed by atoms with Crippen molar-refractivity contribution in [3.8, 4) is 5.69 Å². The van der Waals surface area contributed by atoms with Gasteiger partial charge in [0.2, 0.25) is 0 Å². The molecule has 0 bridgehead atoms. The number of hydrogen-bond donors (Lipinski definition) is 1. The minimum atomic E-state index is -0.0928. The molecule has 0 aliphatic carbocycles. The van der Waals surface area contributed by atoms with Gasteiger partial charge in [-0.05, 0) is 43.2 Å². The zero-order valence-electron chi connectivity index (χ0n) is 13.8. The van der Waals surface area contributed by atoms with Gasteiger partial charge in [-0.25, -0.2) is 9.97 Å². The zero-order chi connectivity index (χ0) is 16.9. The van der Waals surface area contributed by atoms with E-state index in [9.17, 15) is 4.79 Å². The molecule has 0 aliphatic heterocycles. The molecular formula is C18H20N4O2. The molecule has 0 saturated carbocycles. The predicted octanol–water partition coefficient (Wildman–Crippen LogP) is 2.50. The molecule has 6 nitrogen and oxygen atoms in total. The highest BCUT2D eigenvalue weighted by Crippen LogP contribution is 2.20. The van der Waals surface area contributed by atoms with Gasteiger partial charge in [-0.15, -0.1) is 0 Å². The van der Waals surface area contributed by atoms with Crippen LogP contribution >= 0.6 is 0 Å². The summed E-state index contributed by atoms with van der Waals surface area (Å²) in [4.78, 5) is 21.1. The Kier molecular flexibility index (Phi) is 4.86. The average Bonchev–Trinajstić information content (AvgIpc) is 3.03. The van der Waals surface area contributed by atoms with Crippen LogP contribution in [0.2, 0.25) is 0 Å². The van der Waals surface area contributed by atoms with Gasteiger partial charge in [0.15, 0.2) is 5.65 Å². The minimum Gasteiger partial charge on any atom is -0.385 e. The summed E-state index contributed by atoms with van der Waals surface area (Å²) in [5.74, 6) is -0.0928. The second-order valence-electron chi connectivity index (χ2n) is 5.56. The highest BCUT2D eigenvalue weighted by atomic mass is 16.5. The van der Waals surface area contributed by atoms with Crippen LogP contribution in [0, 0.1) is 6.92 Å². The van der Waals surface area contributed by atoms with E-state index in [0.717, 1.165) is 28.8 Å². The van der Waals surface area contributed by atoms with Gasteiger partial charge in [0, 0.05) is 32.0 Å². The van der Waals surface area contributed by atoms with Crippen LogP contribution in [-0.4, -0.2) is 40.7 Å². The van der Waals surface area contributed by atoms with Crippen LogP contribution in [0.3, 0.4) is 0 Å². The van der Waals surface area contributed by atoms with E-state index in [1.54, 1.807) is 19.6 Å². The van der Waals surface area contributed by atoms with Crippen LogP contribution in [0.15, 0.2) is 42.9 Å². The lowest BCUT2D eigenvalue weighted by Crippen LogP contribution is -2.25. The van der Waals surface area contributed by atoms with Gasteiger partial charge in [-0.2, -0.15) is 0 Å². The Labute approximate surface area is 140 Å². The standard InChI is InChI=1S/C18H20N4O2/c1-13-6-7-14(18(23)20-9-4-10-24-2)11-16(13)22-12-21-15-5-3-8-19-17(15)22/h3,5-8,11-12H,4,9-10H2,1-2H3,(H,20,23). The monoisotopic (exact) mass is 324 g/mol. The molecule has 1 aromatic carbocycles. The van der Waals surface area contributed by atoms with Crippen molar-refractivity contribution in [2.24, 2.45) is 0 Å². The van der Waals surface area contributed by atoms with Gasteiger partial charge >= 0.3 is 0 Å². The van der Waals surface area contributed by atoms with Crippen LogP contribution in [0.25, 0.3) is 16.9 Å². The molecule has 0 saturated heterocycles. The normalized spacial score (nSPS) is 10.9. The number of nitrogens with zero attached hydrogens (tertiary/aromatic N) is 3. The molecule has 0 unspecified atom stereocenters. The third-order valence-corrected chi connectivity index (χ3v) is 3.85.